The van der Waals surface area contributed by atoms with E-state index in [9.17, 15) is 0 Å². The Morgan fingerprint density at radius 2 is 1.90 bits per heavy atom. The largest absolute Gasteiger partial charge is 0.327 e. The summed E-state index contributed by atoms with van der Waals surface area (Å²) in [6.45, 7) is 10.6. The van der Waals surface area contributed by atoms with E-state index in [-0.39, 0.29) is 6.04 Å². The number of nitrogens with zero attached hydrogens (tertiary/aromatic N) is 2. The Morgan fingerprint density at radius 3 is 2.45 bits per heavy atom. The van der Waals surface area contributed by atoms with E-state index in [4.69, 9.17) is 5.73 Å². The fourth-order valence-electron chi connectivity index (χ4n) is 2.41. The smallest absolute Gasteiger partial charge is 0.0680 e. The van der Waals surface area contributed by atoms with Crippen LogP contribution in [0.1, 0.15) is 41.4 Å². The molecule has 2 N–H and O–H groups in total. The van der Waals surface area contributed by atoms with Crippen LogP contribution in [-0.2, 0) is 6.42 Å². The van der Waals surface area contributed by atoms with Crippen molar-refractivity contribution in [3.05, 3.63) is 46.3 Å². The Bertz CT molecular complexity index is 611. The predicted octanol–water partition coefficient (Wildman–Crippen LogP) is 3.39. The van der Waals surface area contributed by atoms with E-state index in [1.54, 1.807) is 0 Å². The van der Waals surface area contributed by atoms with Gasteiger partial charge < -0.3 is 5.73 Å². The molecule has 0 saturated heterocycles. The fraction of sp³-hybridized carbons (Fsp3) is 0.471. The van der Waals surface area contributed by atoms with Gasteiger partial charge in [-0.3, -0.25) is 0 Å². The van der Waals surface area contributed by atoms with Crippen LogP contribution in [0.25, 0.3) is 5.69 Å². The number of benzene rings is 1. The van der Waals surface area contributed by atoms with Gasteiger partial charge in [0.25, 0.3) is 0 Å². The number of rotatable bonds is 4. The van der Waals surface area contributed by atoms with E-state index < -0.39 is 0 Å². The second kappa shape index (κ2) is 5.80. The highest BCUT2D eigenvalue weighted by Gasteiger charge is 2.12. The molecule has 1 unspecified atom stereocenters. The van der Waals surface area contributed by atoms with Gasteiger partial charge in [0.1, 0.15) is 0 Å². The summed E-state index contributed by atoms with van der Waals surface area (Å²) in [6, 6.07) is 6.79. The van der Waals surface area contributed by atoms with Crippen LogP contribution in [0.4, 0.5) is 0 Å². The highest BCUT2D eigenvalue weighted by molar-refractivity contribution is 5.45. The Labute approximate surface area is 121 Å². The SMILES string of the molecule is CCC(N)Cc1ccc(C)c(-n2nc(C)c(C)c2C)c1. The normalized spacial score (nSPS) is 12.7. The van der Waals surface area contributed by atoms with E-state index in [0.29, 0.717) is 0 Å². The molecule has 0 aliphatic rings. The maximum absolute atomic E-state index is 6.07. The second-order valence-electron chi connectivity index (χ2n) is 5.70. The first-order valence-electron chi connectivity index (χ1n) is 7.32. The molecule has 0 aliphatic carbocycles. The standard InChI is InChI=1S/C17H25N3/c1-6-16(18)9-15-8-7-11(2)17(10-15)20-14(5)12(3)13(4)19-20/h7-8,10,16H,6,9,18H2,1-5H3. The average molecular weight is 271 g/mol. The van der Waals surface area contributed by atoms with Gasteiger partial charge in [-0.05, 0) is 63.3 Å². The molecule has 0 fully saturated rings. The topological polar surface area (TPSA) is 43.8 Å². The Kier molecular flexibility index (Phi) is 4.29. The summed E-state index contributed by atoms with van der Waals surface area (Å²) >= 11 is 0. The zero-order valence-corrected chi connectivity index (χ0v) is 13.2. The van der Waals surface area contributed by atoms with Crippen LogP contribution in [-0.4, -0.2) is 15.8 Å². The zero-order chi connectivity index (χ0) is 14.9. The number of aryl methyl sites for hydroxylation is 2. The minimum absolute atomic E-state index is 0.229. The minimum atomic E-state index is 0.229. The maximum atomic E-state index is 6.07. The molecule has 2 rings (SSSR count). The summed E-state index contributed by atoms with van der Waals surface area (Å²) in [6.07, 6.45) is 1.92. The van der Waals surface area contributed by atoms with Crippen molar-refractivity contribution in [3.8, 4) is 5.69 Å². The minimum Gasteiger partial charge on any atom is -0.327 e. The Balaban J connectivity index is 2.45. The van der Waals surface area contributed by atoms with Crippen molar-refractivity contribution in [1.29, 1.82) is 0 Å². The van der Waals surface area contributed by atoms with Crippen molar-refractivity contribution in [1.82, 2.24) is 9.78 Å². The second-order valence-corrected chi connectivity index (χ2v) is 5.70. The molecule has 0 radical (unpaired) electrons. The lowest BCUT2D eigenvalue weighted by Gasteiger charge is -2.13. The summed E-state index contributed by atoms with van der Waals surface area (Å²) in [7, 11) is 0. The monoisotopic (exact) mass is 271 g/mol. The molecule has 20 heavy (non-hydrogen) atoms. The lowest BCUT2D eigenvalue weighted by Crippen LogP contribution is -2.21. The van der Waals surface area contributed by atoms with Gasteiger partial charge in [-0.25, -0.2) is 4.68 Å². The van der Waals surface area contributed by atoms with E-state index in [1.807, 2.05) is 0 Å². The van der Waals surface area contributed by atoms with Crippen LogP contribution in [0, 0.1) is 27.7 Å². The third-order valence-electron chi connectivity index (χ3n) is 4.18. The molecule has 3 nitrogen and oxygen atoms in total. The summed E-state index contributed by atoms with van der Waals surface area (Å²) in [5.74, 6) is 0. The van der Waals surface area contributed by atoms with Crippen LogP contribution in [0.2, 0.25) is 0 Å². The lowest BCUT2D eigenvalue weighted by atomic mass is 10.0. The van der Waals surface area contributed by atoms with E-state index in [2.05, 4.69) is 62.6 Å². The van der Waals surface area contributed by atoms with Gasteiger partial charge in [0.05, 0.1) is 11.4 Å². The molecule has 108 valence electrons. The van der Waals surface area contributed by atoms with Crippen LogP contribution >= 0.6 is 0 Å². The first-order chi connectivity index (χ1) is 9.43. The first-order valence-corrected chi connectivity index (χ1v) is 7.32. The van der Waals surface area contributed by atoms with Crippen LogP contribution < -0.4 is 5.73 Å². The number of hydrogen-bond acceptors (Lipinski definition) is 2. The molecule has 3 heteroatoms. The summed E-state index contributed by atoms with van der Waals surface area (Å²) in [5, 5.41) is 4.67. The quantitative estimate of drug-likeness (QED) is 0.926. The van der Waals surface area contributed by atoms with E-state index in [0.717, 1.165) is 18.5 Å². The summed E-state index contributed by atoms with van der Waals surface area (Å²) < 4.78 is 2.06. The van der Waals surface area contributed by atoms with E-state index in [1.165, 1.54) is 28.1 Å². The highest BCUT2D eigenvalue weighted by atomic mass is 15.3. The average Bonchev–Trinajstić information content (AvgIpc) is 2.68. The number of aromatic nitrogens is 2. The van der Waals surface area contributed by atoms with Gasteiger partial charge in [0.15, 0.2) is 0 Å². The van der Waals surface area contributed by atoms with Crippen molar-refractivity contribution in [3.63, 3.8) is 0 Å². The molecule has 2 aromatic rings. The molecule has 1 heterocycles. The van der Waals surface area contributed by atoms with Gasteiger partial charge in [0, 0.05) is 11.7 Å². The maximum Gasteiger partial charge on any atom is 0.0680 e. The Morgan fingerprint density at radius 1 is 1.20 bits per heavy atom. The van der Waals surface area contributed by atoms with Crippen molar-refractivity contribution >= 4 is 0 Å². The molecule has 0 bridgehead atoms. The molecule has 1 aromatic carbocycles. The number of hydrogen-bond donors (Lipinski definition) is 1. The van der Waals surface area contributed by atoms with Gasteiger partial charge in [-0.1, -0.05) is 19.1 Å². The van der Waals surface area contributed by atoms with Crippen LogP contribution in [0.5, 0.6) is 0 Å². The molecule has 1 aromatic heterocycles. The third-order valence-corrected chi connectivity index (χ3v) is 4.18. The van der Waals surface area contributed by atoms with Crippen LogP contribution in [0.3, 0.4) is 0 Å². The van der Waals surface area contributed by atoms with E-state index >= 15 is 0 Å². The van der Waals surface area contributed by atoms with Crippen LogP contribution in [0.15, 0.2) is 18.2 Å². The Hall–Kier alpha value is -1.61. The molecule has 1 atom stereocenters. The van der Waals surface area contributed by atoms with Crippen molar-refractivity contribution in [2.75, 3.05) is 0 Å². The summed E-state index contributed by atoms with van der Waals surface area (Å²) in [5.41, 5.74) is 13.3. The van der Waals surface area contributed by atoms with Crippen molar-refractivity contribution in [2.24, 2.45) is 5.73 Å². The van der Waals surface area contributed by atoms with Crippen molar-refractivity contribution in [2.45, 2.75) is 53.5 Å². The van der Waals surface area contributed by atoms with Gasteiger partial charge in [0.2, 0.25) is 0 Å². The molecule has 0 saturated carbocycles. The zero-order valence-electron chi connectivity index (χ0n) is 13.2. The third kappa shape index (κ3) is 2.78. The number of nitrogens with two attached hydrogens (primary N) is 1. The molecule has 0 spiro atoms. The molecular weight excluding hydrogens is 246 g/mol. The molecule has 0 amide bonds. The van der Waals surface area contributed by atoms with Gasteiger partial charge >= 0.3 is 0 Å². The van der Waals surface area contributed by atoms with Crippen molar-refractivity contribution < 1.29 is 0 Å². The lowest BCUT2D eigenvalue weighted by molar-refractivity contribution is 0.645. The summed E-state index contributed by atoms with van der Waals surface area (Å²) in [4.78, 5) is 0. The van der Waals surface area contributed by atoms with Gasteiger partial charge in [-0.15, -0.1) is 0 Å². The van der Waals surface area contributed by atoms with Gasteiger partial charge in [-0.2, -0.15) is 5.10 Å². The predicted molar refractivity (Wildman–Crippen MR) is 84.5 cm³/mol. The molecular formula is C17H25N3. The molecule has 0 aliphatic heterocycles. The fourth-order valence-corrected chi connectivity index (χ4v) is 2.41. The highest BCUT2D eigenvalue weighted by Crippen LogP contribution is 2.21. The first kappa shape index (κ1) is 14.8.